The normalized spacial score (nSPS) is 14.9. The smallest absolute Gasteiger partial charge is 0.313 e. The van der Waals surface area contributed by atoms with Crippen LogP contribution in [0.25, 0.3) is 0 Å². The summed E-state index contributed by atoms with van der Waals surface area (Å²) >= 11 is 0. The van der Waals surface area contributed by atoms with Gasteiger partial charge in [-0.1, -0.05) is 109 Å². The molecule has 1 atom stereocenters. The van der Waals surface area contributed by atoms with Gasteiger partial charge in [0.25, 0.3) is 0 Å². The molecule has 0 aliphatic carbocycles. The van der Waals surface area contributed by atoms with Crippen molar-refractivity contribution in [3.8, 4) is 0 Å². The zero-order valence-corrected chi connectivity index (χ0v) is 19.5. The fourth-order valence-corrected chi connectivity index (χ4v) is 4.15. The van der Waals surface area contributed by atoms with E-state index in [1.165, 1.54) is 0 Å². The first-order valence-electron chi connectivity index (χ1n) is 10.7. The highest BCUT2D eigenvalue weighted by atomic mass is 16.6. The van der Waals surface area contributed by atoms with Crippen LogP contribution >= 0.6 is 0 Å². The van der Waals surface area contributed by atoms with Crippen LogP contribution < -0.4 is 0 Å². The second-order valence-electron chi connectivity index (χ2n) is 10.6. The molecule has 0 spiro atoms. The van der Waals surface area contributed by atoms with Crippen molar-refractivity contribution in [2.24, 2.45) is 16.2 Å². The van der Waals surface area contributed by atoms with Gasteiger partial charge in [-0.05, 0) is 30.6 Å². The summed E-state index contributed by atoms with van der Waals surface area (Å²) in [7, 11) is 0. The molecule has 2 aromatic carbocycles. The lowest BCUT2D eigenvalue weighted by atomic mass is 9.61. The molecule has 2 nitrogen and oxygen atoms in total. The number of hydrogen-bond donors (Lipinski definition) is 0. The van der Waals surface area contributed by atoms with Gasteiger partial charge in [0, 0.05) is 11.1 Å². The standard InChI is InChI=1S/C27H38O2/c1-9-27(21-16-12-10-13-17-21,22-18-14-11-15-19-22)29-23(28)26(8,25(5,6)7)20-24(2,3)4/h10-19H,9,20H2,1-8H3. The van der Waals surface area contributed by atoms with Crippen LogP contribution in [0, 0.1) is 16.2 Å². The average Bonchev–Trinajstić information content (AvgIpc) is 2.65. The molecule has 0 saturated carbocycles. The highest BCUT2D eigenvalue weighted by molar-refractivity contribution is 5.78. The van der Waals surface area contributed by atoms with E-state index in [4.69, 9.17) is 4.74 Å². The molecule has 2 heteroatoms. The molecule has 0 amide bonds. The fraction of sp³-hybridized carbons (Fsp3) is 0.519. The van der Waals surface area contributed by atoms with Gasteiger partial charge in [0.15, 0.2) is 5.60 Å². The van der Waals surface area contributed by atoms with Crippen LogP contribution in [0.15, 0.2) is 60.7 Å². The second kappa shape index (κ2) is 8.34. The highest BCUT2D eigenvalue weighted by Gasteiger charge is 2.50. The van der Waals surface area contributed by atoms with Crippen LogP contribution in [0.2, 0.25) is 0 Å². The van der Waals surface area contributed by atoms with Gasteiger partial charge in [0.2, 0.25) is 0 Å². The van der Waals surface area contributed by atoms with Crippen molar-refractivity contribution in [1.82, 2.24) is 0 Å². The molecular weight excluding hydrogens is 356 g/mol. The van der Waals surface area contributed by atoms with E-state index in [0.717, 1.165) is 17.5 Å². The van der Waals surface area contributed by atoms with Crippen molar-refractivity contribution < 1.29 is 9.53 Å². The minimum absolute atomic E-state index is 0.00934. The molecule has 0 aromatic heterocycles. The average molecular weight is 395 g/mol. The maximum absolute atomic E-state index is 13.9. The molecule has 0 radical (unpaired) electrons. The summed E-state index contributed by atoms with van der Waals surface area (Å²) in [5.41, 5.74) is 0.377. The van der Waals surface area contributed by atoms with Gasteiger partial charge < -0.3 is 4.74 Å². The third kappa shape index (κ3) is 4.91. The molecule has 1 unspecified atom stereocenters. The summed E-state index contributed by atoms with van der Waals surface area (Å²) < 4.78 is 6.56. The summed E-state index contributed by atoms with van der Waals surface area (Å²) in [6.07, 6.45) is 1.42. The first-order valence-corrected chi connectivity index (χ1v) is 10.7. The van der Waals surface area contributed by atoms with E-state index in [9.17, 15) is 4.79 Å². The van der Waals surface area contributed by atoms with Crippen LogP contribution in [-0.2, 0) is 15.1 Å². The lowest BCUT2D eigenvalue weighted by Gasteiger charge is -2.46. The molecule has 0 bridgehead atoms. The predicted octanol–water partition coefficient (Wildman–Crippen LogP) is 7.37. The Kier molecular flexibility index (Phi) is 6.67. The lowest BCUT2D eigenvalue weighted by molar-refractivity contribution is -0.179. The first kappa shape index (κ1) is 23.2. The third-order valence-corrected chi connectivity index (χ3v) is 6.23. The predicted molar refractivity (Wildman–Crippen MR) is 122 cm³/mol. The SMILES string of the molecule is CCC(OC(=O)C(C)(CC(C)(C)C)C(C)(C)C)(c1ccccc1)c1ccccc1. The molecule has 2 aromatic rings. The van der Waals surface area contributed by atoms with E-state index in [-0.39, 0.29) is 16.8 Å². The van der Waals surface area contributed by atoms with Crippen LogP contribution in [0.4, 0.5) is 0 Å². The molecule has 0 saturated heterocycles. The molecular formula is C27H38O2. The quantitative estimate of drug-likeness (QED) is 0.478. The van der Waals surface area contributed by atoms with Gasteiger partial charge in [-0.2, -0.15) is 0 Å². The fourth-order valence-electron chi connectivity index (χ4n) is 4.15. The molecule has 158 valence electrons. The van der Waals surface area contributed by atoms with Gasteiger partial charge in [0.1, 0.15) is 0 Å². The Morgan fingerprint density at radius 2 is 1.17 bits per heavy atom. The number of ether oxygens (including phenoxy) is 1. The zero-order valence-electron chi connectivity index (χ0n) is 19.5. The zero-order chi connectivity index (χ0) is 21.9. The van der Waals surface area contributed by atoms with Crippen molar-refractivity contribution in [2.45, 2.75) is 73.8 Å². The Morgan fingerprint density at radius 1 is 0.759 bits per heavy atom. The molecule has 29 heavy (non-hydrogen) atoms. The van der Waals surface area contributed by atoms with Crippen molar-refractivity contribution >= 4 is 5.97 Å². The van der Waals surface area contributed by atoms with E-state index < -0.39 is 11.0 Å². The van der Waals surface area contributed by atoms with Crippen LogP contribution in [0.3, 0.4) is 0 Å². The number of carbonyl (C=O) groups is 1. The van der Waals surface area contributed by atoms with Crippen LogP contribution in [-0.4, -0.2) is 5.97 Å². The highest BCUT2D eigenvalue weighted by Crippen LogP contribution is 2.49. The van der Waals surface area contributed by atoms with E-state index in [0.29, 0.717) is 6.42 Å². The Hall–Kier alpha value is -2.09. The maximum atomic E-state index is 13.9. The molecule has 0 fully saturated rings. The Labute approximate surface area is 177 Å². The number of carbonyl (C=O) groups excluding carboxylic acids is 1. The first-order chi connectivity index (χ1) is 13.4. The molecule has 0 aliphatic heterocycles. The van der Waals surface area contributed by atoms with Crippen molar-refractivity contribution in [3.05, 3.63) is 71.8 Å². The summed E-state index contributed by atoms with van der Waals surface area (Å²) in [5.74, 6) is -0.130. The van der Waals surface area contributed by atoms with E-state index >= 15 is 0 Å². The monoisotopic (exact) mass is 394 g/mol. The van der Waals surface area contributed by atoms with Crippen molar-refractivity contribution in [1.29, 1.82) is 0 Å². The number of rotatable bonds is 6. The molecule has 0 aliphatic rings. The maximum Gasteiger partial charge on any atom is 0.313 e. The van der Waals surface area contributed by atoms with E-state index in [2.05, 4.69) is 79.7 Å². The summed E-state index contributed by atoms with van der Waals surface area (Å²) in [6, 6.07) is 20.3. The van der Waals surface area contributed by atoms with Crippen molar-refractivity contribution in [3.63, 3.8) is 0 Å². The number of hydrogen-bond acceptors (Lipinski definition) is 2. The summed E-state index contributed by atoms with van der Waals surface area (Å²) in [5, 5.41) is 0. The van der Waals surface area contributed by atoms with E-state index in [1.54, 1.807) is 0 Å². The minimum atomic E-state index is -0.802. The topological polar surface area (TPSA) is 26.3 Å². The number of benzene rings is 2. The van der Waals surface area contributed by atoms with Crippen LogP contribution in [0.1, 0.15) is 79.4 Å². The van der Waals surface area contributed by atoms with Gasteiger partial charge in [0.05, 0.1) is 5.41 Å². The van der Waals surface area contributed by atoms with Crippen molar-refractivity contribution in [2.75, 3.05) is 0 Å². The number of esters is 1. The van der Waals surface area contributed by atoms with Gasteiger partial charge >= 0.3 is 5.97 Å². The Bertz CT molecular complexity index is 754. The van der Waals surface area contributed by atoms with Crippen LogP contribution in [0.5, 0.6) is 0 Å². The third-order valence-electron chi connectivity index (χ3n) is 6.23. The molecule has 2 rings (SSSR count). The van der Waals surface area contributed by atoms with Gasteiger partial charge in [-0.3, -0.25) is 4.79 Å². The lowest BCUT2D eigenvalue weighted by Crippen LogP contribution is -2.47. The Balaban J connectivity index is 2.60. The summed E-state index contributed by atoms with van der Waals surface area (Å²) in [6.45, 7) is 17.1. The molecule has 0 N–H and O–H groups in total. The van der Waals surface area contributed by atoms with Gasteiger partial charge in [-0.25, -0.2) is 0 Å². The Morgan fingerprint density at radius 3 is 1.48 bits per heavy atom. The largest absolute Gasteiger partial charge is 0.449 e. The second-order valence-corrected chi connectivity index (χ2v) is 10.6. The summed E-state index contributed by atoms with van der Waals surface area (Å²) in [4.78, 5) is 13.9. The minimum Gasteiger partial charge on any atom is -0.449 e. The van der Waals surface area contributed by atoms with Gasteiger partial charge in [-0.15, -0.1) is 0 Å². The van der Waals surface area contributed by atoms with E-state index in [1.807, 2.05) is 36.4 Å². The molecule has 0 heterocycles.